The highest BCUT2D eigenvalue weighted by atomic mass is 16.6. The number of carbonyl (C=O) groups excluding carboxylic acids is 1. The number of ether oxygens (including phenoxy) is 1. The molecule has 9 heteroatoms. The molecule has 0 bridgehead atoms. The molecule has 4 aliphatic carbocycles. The third-order valence-electron chi connectivity index (χ3n) is 12.4. The normalized spacial score (nSPS) is 34.6. The molecular formula is C35H65N7O2. The number of amides is 1. The molecule has 0 saturated heterocycles. The van der Waals surface area contributed by atoms with E-state index in [0.29, 0.717) is 11.8 Å². The van der Waals surface area contributed by atoms with Crippen LogP contribution in [0.5, 0.6) is 0 Å². The molecule has 9 unspecified atom stereocenters. The summed E-state index contributed by atoms with van der Waals surface area (Å²) in [6.07, 6.45) is 13.6. The average molecular weight is 616 g/mol. The Kier molecular flexibility index (Phi) is 11.5. The maximum absolute atomic E-state index is 13.6. The van der Waals surface area contributed by atoms with Gasteiger partial charge in [-0.25, -0.2) is 9.69 Å². The van der Waals surface area contributed by atoms with E-state index in [1.165, 1.54) is 61.8 Å². The van der Waals surface area contributed by atoms with Crippen LogP contribution in [0.25, 0.3) is 0 Å². The summed E-state index contributed by atoms with van der Waals surface area (Å²) >= 11 is 0. The van der Waals surface area contributed by atoms with Crippen molar-refractivity contribution in [3.05, 3.63) is 24.0 Å². The molecule has 9 atom stereocenters. The quantitative estimate of drug-likeness (QED) is 0.115. The van der Waals surface area contributed by atoms with Gasteiger partial charge in [0.25, 0.3) is 0 Å². The fourth-order valence-corrected chi connectivity index (χ4v) is 10.2. The minimum absolute atomic E-state index is 0.186. The number of rotatable bonds is 13. The van der Waals surface area contributed by atoms with Crippen LogP contribution in [0.4, 0.5) is 4.79 Å². The van der Waals surface area contributed by atoms with Crippen LogP contribution in [0.15, 0.2) is 24.0 Å². The summed E-state index contributed by atoms with van der Waals surface area (Å²) in [5.74, 6) is 5.07. The molecule has 9 nitrogen and oxygen atoms in total. The van der Waals surface area contributed by atoms with Crippen molar-refractivity contribution in [3.63, 3.8) is 0 Å². The molecule has 0 aromatic rings. The number of hydrogen-bond acceptors (Lipinski definition) is 8. The molecule has 44 heavy (non-hydrogen) atoms. The Bertz CT molecular complexity index is 1030. The van der Waals surface area contributed by atoms with Crippen LogP contribution in [0.1, 0.15) is 119 Å². The van der Waals surface area contributed by atoms with E-state index in [0.717, 1.165) is 54.8 Å². The summed E-state index contributed by atoms with van der Waals surface area (Å²) < 4.78 is 6.17. The molecule has 0 aliphatic heterocycles. The van der Waals surface area contributed by atoms with Crippen LogP contribution in [-0.2, 0) is 4.74 Å². The first kappa shape index (κ1) is 35.2. The zero-order chi connectivity index (χ0) is 32.4. The predicted octanol–water partition coefficient (Wildman–Crippen LogP) is 5.62. The van der Waals surface area contributed by atoms with Gasteiger partial charge in [0.15, 0.2) is 0 Å². The zero-order valence-corrected chi connectivity index (χ0v) is 28.6. The van der Waals surface area contributed by atoms with E-state index in [1.54, 1.807) is 0 Å². The Morgan fingerprint density at radius 2 is 1.77 bits per heavy atom. The second-order valence-corrected chi connectivity index (χ2v) is 15.6. The van der Waals surface area contributed by atoms with Gasteiger partial charge in [-0.3, -0.25) is 16.8 Å². The highest BCUT2D eigenvalue weighted by Crippen LogP contribution is 2.67. The van der Waals surface area contributed by atoms with Crippen molar-refractivity contribution in [1.82, 2.24) is 15.5 Å². The predicted molar refractivity (Wildman–Crippen MR) is 179 cm³/mol. The van der Waals surface area contributed by atoms with Gasteiger partial charge in [-0.1, -0.05) is 79.0 Å². The first-order valence-corrected chi connectivity index (χ1v) is 17.6. The molecular weight excluding hydrogens is 550 g/mol. The summed E-state index contributed by atoms with van der Waals surface area (Å²) in [5, 5.41) is 5.85. The molecule has 0 spiro atoms. The summed E-state index contributed by atoms with van der Waals surface area (Å²) in [7, 11) is 0. The Morgan fingerprint density at radius 1 is 1.05 bits per heavy atom. The SMILES string of the molecule is C=C(NC(N)N)N(C(=O)OC1CCC2(C)C(=CCC3C2CCC2(C)C(C(C)CCCC(C)C)CCC32)C1)C(CC)NC(N)N. The van der Waals surface area contributed by atoms with Crippen molar-refractivity contribution in [1.29, 1.82) is 0 Å². The first-order chi connectivity index (χ1) is 20.7. The van der Waals surface area contributed by atoms with Gasteiger partial charge >= 0.3 is 6.09 Å². The molecule has 252 valence electrons. The smallest absolute Gasteiger partial charge is 0.417 e. The summed E-state index contributed by atoms with van der Waals surface area (Å²) in [6, 6.07) is 0. The molecule has 4 rings (SSSR count). The summed E-state index contributed by atoms with van der Waals surface area (Å²) in [6.45, 7) is 18.3. The summed E-state index contributed by atoms with van der Waals surface area (Å²) in [4.78, 5) is 15.0. The molecule has 1 amide bonds. The van der Waals surface area contributed by atoms with Gasteiger partial charge in [0.2, 0.25) is 0 Å². The van der Waals surface area contributed by atoms with Crippen LogP contribution in [-0.4, -0.2) is 35.8 Å². The number of nitrogens with one attached hydrogen (secondary N) is 2. The van der Waals surface area contributed by atoms with E-state index >= 15 is 0 Å². The second-order valence-electron chi connectivity index (χ2n) is 15.6. The van der Waals surface area contributed by atoms with Crippen molar-refractivity contribution >= 4 is 6.09 Å². The number of nitrogens with zero attached hydrogens (tertiary/aromatic N) is 1. The zero-order valence-electron chi connectivity index (χ0n) is 28.6. The number of allylic oxidation sites excluding steroid dienone is 1. The lowest BCUT2D eigenvalue weighted by Crippen LogP contribution is -2.60. The van der Waals surface area contributed by atoms with E-state index < -0.39 is 24.8 Å². The van der Waals surface area contributed by atoms with Crippen molar-refractivity contribution in [2.75, 3.05) is 0 Å². The number of carbonyl (C=O) groups is 1. The molecule has 3 fully saturated rings. The fraction of sp³-hybridized carbons (Fsp3) is 0.857. The maximum atomic E-state index is 13.6. The van der Waals surface area contributed by atoms with Gasteiger partial charge in [-0.05, 0) is 97.7 Å². The van der Waals surface area contributed by atoms with Gasteiger partial charge in [0, 0.05) is 6.42 Å². The largest absolute Gasteiger partial charge is 0.445 e. The molecule has 3 saturated carbocycles. The van der Waals surface area contributed by atoms with E-state index in [1.807, 2.05) is 6.92 Å². The van der Waals surface area contributed by atoms with E-state index in [2.05, 4.69) is 57.9 Å². The molecule has 0 heterocycles. The number of hydrogen-bond donors (Lipinski definition) is 6. The fourth-order valence-electron chi connectivity index (χ4n) is 10.2. The van der Waals surface area contributed by atoms with Crippen LogP contribution in [0, 0.1) is 46.3 Å². The van der Waals surface area contributed by atoms with Gasteiger partial charge in [-0.15, -0.1) is 0 Å². The third kappa shape index (κ3) is 7.33. The number of fused-ring (bicyclic) bond motifs is 5. The lowest BCUT2D eigenvalue weighted by molar-refractivity contribution is -0.0596. The number of nitrogens with two attached hydrogens (primary N) is 4. The van der Waals surface area contributed by atoms with Crippen molar-refractivity contribution in [2.24, 2.45) is 69.3 Å². The van der Waals surface area contributed by atoms with Crippen LogP contribution in [0.2, 0.25) is 0 Å². The minimum atomic E-state index is -0.877. The monoisotopic (exact) mass is 616 g/mol. The van der Waals surface area contributed by atoms with Crippen LogP contribution < -0.4 is 33.6 Å². The van der Waals surface area contributed by atoms with Gasteiger partial charge in [0.05, 0.1) is 6.17 Å². The van der Waals surface area contributed by atoms with Crippen LogP contribution in [0.3, 0.4) is 0 Å². The first-order valence-electron chi connectivity index (χ1n) is 17.6. The average Bonchev–Trinajstić information content (AvgIpc) is 3.29. The Labute approximate surface area is 267 Å². The molecule has 0 radical (unpaired) electrons. The topological polar surface area (TPSA) is 158 Å². The van der Waals surface area contributed by atoms with E-state index in [-0.39, 0.29) is 17.3 Å². The second kappa shape index (κ2) is 14.4. The highest BCUT2D eigenvalue weighted by molar-refractivity contribution is 5.70. The molecule has 4 aliphatic rings. The highest BCUT2D eigenvalue weighted by Gasteiger charge is 2.59. The molecule has 0 aromatic carbocycles. The Morgan fingerprint density at radius 3 is 2.41 bits per heavy atom. The van der Waals surface area contributed by atoms with E-state index in [9.17, 15) is 4.79 Å². The Balaban J connectivity index is 1.44. The minimum Gasteiger partial charge on any atom is -0.445 e. The van der Waals surface area contributed by atoms with Crippen molar-refractivity contribution in [2.45, 2.75) is 143 Å². The maximum Gasteiger partial charge on any atom is 0.417 e. The van der Waals surface area contributed by atoms with Crippen molar-refractivity contribution in [3.8, 4) is 0 Å². The Hall–Kier alpha value is -1.65. The van der Waals surface area contributed by atoms with Gasteiger partial charge in [-0.2, -0.15) is 0 Å². The standard InChI is InChI=1S/C35H65N7O2/c1-8-30(41-32(38)39)42(23(5)40-31(36)37)33(43)44-25-16-18-34(6)24(20-25)12-13-26-28-15-14-27(22(4)11-9-10-21(2)3)35(28,7)19-17-29(26)34/h12,21-22,25-32,40-41H,5,8-11,13-20,36-39H2,1-4,6-7H3. The molecule has 10 N–H and O–H groups in total. The van der Waals surface area contributed by atoms with Gasteiger partial charge < -0.3 is 21.5 Å². The van der Waals surface area contributed by atoms with Crippen LogP contribution >= 0.6 is 0 Å². The molecule has 0 aromatic heterocycles. The lowest BCUT2D eigenvalue weighted by atomic mass is 9.47. The van der Waals surface area contributed by atoms with Crippen molar-refractivity contribution < 1.29 is 9.53 Å². The summed E-state index contributed by atoms with van der Waals surface area (Å²) in [5.41, 5.74) is 25.3. The third-order valence-corrected chi connectivity index (χ3v) is 12.4. The lowest BCUT2D eigenvalue weighted by Gasteiger charge is -2.58. The van der Waals surface area contributed by atoms with Gasteiger partial charge in [0.1, 0.15) is 24.5 Å². The van der Waals surface area contributed by atoms with E-state index in [4.69, 9.17) is 27.7 Å².